The highest BCUT2D eigenvalue weighted by Crippen LogP contribution is 2.43. The number of fused-ring (bicyclic) bond motifs is 3. The molecular weight excluding hydrogens is 499 g/mol. The van der Waals surface area contributed by atoms with Crippen LogP contribution in [0.1, 0.15) is 57.1 Å². The average Bonchev–Trinajstić information content (AvgIpc) is 3.63. The number of aromatic nitrogens is 6. The van der Waals surface area contributed by atoms with Gasteiger partial charge in [-0.3, -0.25) is 18.6 Å². The van der Waals surface area contributed by atoms with Crippen LogP contribution >= 0.6 is 0 Å². The van der Waals surface area contributed by atoms with Crippen molar-refractivity contribution in [2.75, 3.05) is 0 Å². The van der Waals surface area contributed by atoms with Gasteiger partial charge in [0.25, 0.3) is 0 Å². The predicted molar refractivity (Wildman–Crippen MR) is 147 cm³/mol. The number of imidazole rings is 1. The number of carbonyl (C=O) groups is 1. The number of nitrogens with zero attached hydrogens (tertiary/aromatic N) is 5. The highest BCUT2D eigenvalue weighted by Gasteiger charge is 2.30. The number of aliphatic carboxylic acids is 1. The molecule has 4 heterocycles. The van der Waals surface area contributed by atoms with Crippen LogP contribution in [0.4, 0.5) is 4.39 Å². The Morgan fingerprint density at radius 1 is 1.23 bits per heavy atom. The lowest BCUT2D eigenvalue weighted by atomic mass is 9.93. The number of aromatic amines is 1. The molecule has 9 nitrogen and oxygen atoms in total. The van der Waals surface area contributed by atoms with Crippen LogP contribution in [0, 0.1) is 11.9 Å². The van der Waals surface area contributed by atoms with E-state index < -0.39 is 11.9 Å². The summed E-state index contributed by atoms with van der Waals surface area (Å²) in [5.74, 6) is -1.09. The molecule has 1 saturated carbocycles. The molecule has 0 saturated heterocycles. The molecule has 1 aliphatic rings. The maximum Gasteiger partial charge on any atom is 0.329 e. The second-order valence-corrected chi connectivity index (χ2v) is 11.0. The minimum Gasteiger partial charge on any atom is -0.481 e. The molecule has 202 valence electrons. The van der Waals surface area contributed by atoms with Gasteiger partial charge in [-0.25, -0.2) is 9.78 Å². The van der Waals surface area contributed by atoms with Crippen molar-refractivity contribution in [3.05, 3.63) is 58.7 Å². The molecule has 3 unspecified atom stereocenters. The van der Waals surface area contributed by atoms with Gasteiger partial charge < -0.3 is 10.1 Å². The standard InChI is InChI=1S/C29H31FN6O3/c1-15-5-10-19(11-15)36-26-21(35(4)29(36)39)13-31-28-24(26)23(25(32-28)20-14-34(3)33-27(20)30)18-8-6-17(7-9-18)16(2)12-22(37)38/h6-9,13-16,19H,5,10-12H2,1-4H3,(H,31,32)(H,37,38). The summed E-state index contributed by atoms with van der Waals surface area (Å²) in [6.45, 7) is 4.09. The number of carboxylic acids is 1. The Morgan fingerprint density at radius 2 is 1.97 bits per heavy atom. The molecule has 4 aromatic heterocycles. The summed E-state index contributed by atoms with van der Waals surface area (Å²) < 4.78 is 20.1. The third-order valence-electron chi connectivity index (χ3n) is 8.21. The van der Waals surface area contributed by atoms with Crippen molar-refractivity contribution in [1.82, 2.24) is 28.9 Å². The smallest absolute Gasteiger partial charge is 0.329 e. The van der Waals surface area contributed by atoms with Crippen LogP contribution in [-0.4, -0.2) is 40.0 Å². The van der Waals surface area contributed by atoms with Gasteiger partial charge in [0, 0.05) is 31.9 Å². The van der Waals surface area contributed by atoms with E-state index in [9.17, 15) is 14.7 Å². The van der Waals surface area contributed by atoms with Crippen molar-refractivity contribution in [3.8, 4) is 22.4 Å². The van der Waals surface area contributed by atoms with Crippen molar-refractivity contribution in [3.63, 3.8) is 0 Å². The van der Waals surface area contributed by atoms with Gasteiger partial charge in [0.15, 0.2) is 0 Å². The van der Waals surface area contributed by atoms with Crippen LogP contribution in [0.3, 0.4) is 0 Å². The van der Waals surface area contributed by atoms with E-state index in [1.165, 1.54) is 4.68 Å². The average molecular weight is 531 g/mol. The lowest BCUT2D eigenvalue weighted by molar-refractivity contribution is -0.137. The van der Waals surface area contributed by atoms with Crippen LogP contribution in [0.2, 0.25) is 0 Å². The van der Waals surface area contributed by atoms with Crippen molar-refractivity contribution in [1.29, 1.82) is 0 Å². The fourth-order valence-corrected chi connectivity index (χ4v) is 6.21. The first kappa shape index (κ1) is 25.1. The number of hydrogen-bond donors (Lipinski definition) is 2. The number of halogens is 1. The summed E-state index contributed by atoms with van der Waals surface area (Å²) in [6, 6.07) is 7.75. The van der Waals surface area contributed by atoms with E-state index in [1.807, 2.05) is 35.8 Å². The number of nitrogens with one attached hydrogen (secondary N) is 1. The molecule has 0 aliphatic heterocycles. The van der Waals surface area contributed by atoms with Gasteiger partial charge in [0.2, 0.25) is 5.95 Å². The van der Waals surface area contributed by atoms with E-state index >= 15 is 4.39 Å². The van der Waals surface area contributed by atoms with Gasteiger partial charge in [-0.15, -0.1) is 5.10 Å². The Kier molecular flexibility index (Phi) is 5.93. The quantitative estimate of drug-likeness (QED) is 0.307. The molecule has 0 bridgehead atoms. The van der Waals surface area contributed by atoms with Crippen molar-refractivity contribution >= 4 is 28.0 Å². The lowest BCUT2D eigenvalue weighted by Gasteiger charge is -2.14. The Bertz CT molecular complexity index is 1790. The van der Waals surface area contributed by atoms with Gasteiger partial charge in [-0.1, -0.05) is 38.1 Å². The van der Waals surface area contributed by atoms with E-state index in [4.69, 9.17) is 0 Å². The molecule has 2 N–H and O–H groups in total. The monoisotopic (exact) mass is 530 g/mol. The van der Waals surface area contributed by atoms with E-state index in [1.54, 1.807) is 31.1 Å². The maximum atomic E-state index is 15.1. The normalized spacial score (nSPS) is 18.4. The van der Waals surface area contributed by atoms with Gasteiger partial charge in [-0.05, 0) is 42.2 Å². The van der Waals surface area contributed by atoms with E-state index in [0.717, 1.165) is 52.4 Å². The van der Waals surface area contributed by atoms with Crippen LogP contribution in [0.5, 0.6) is 0 Å². The summed E-state index contributed by atoms with van der Waals surface area (Å²) in [7, 11) is 3.43. The molecule has 1 fully saturated rings. The highest BCUT2D eigenvalue weighted by atomic mass is 19.1. The first-order chi connectivity index (χ1) is 18.6. The molecule has 39 heavy (non-hydrogen) atoms. The molecule has 0 spiro atoms. The molecular formula is C29H31FN6O3. The number of carboxylic acid groups (broad SMARTS) is 1. The second kappa shape index (κ2) is 9.21. The summed E-state index contributed by atoms with van der Waals surface area (Å²) in [5.41, 5.74) is 5.26. The summed E-state index contributed by atoms with van der Waals surface area (Å²) in [6.07, 6.45) is 6.25. The van der Waals surface area contributed by atoms with Crippen molar-refractivity contribution < 1.29 is 14.3 Å². The third kappa shape index (κ3) is 4.05. The Hall–Kier alpha value is -4.21. The minimum absolute atomic E-state index is 0.0270. The number of hydrogen-bond acceptors (Lipinski definition) is 4. The van der Waals surface area contributed by atoms with Gasteiger partial charge >= 0.3 is 11.7 Å². The fourth-order valence-electron chi connectivity index (χ4n) is 6.21. The van der Waals surface area contributed by atoms with Gasteiger partial charge in [0.1, 0.15) is 5.65 Å². The Balaban J connectivity index is 1.66. The summed E-state index contributed by atoms with van der Waals surface area (Å²) >= 11 is 0. The molecule has 1 aliphatic carbocycles. The van der Waals surface area contributed by atoms with Gasteiger partial charge in [-0.2, -0.15) is 4.39 Å². The van der Waals surface area contributed by atoms with Crippen LogP contribution in [0.15, 0.2) is 41.5 Å². The summed E-state index contributed by atoms with van der Waals surface area (Å²) in [5, 5.41) is 13.9. The Labute approximate surface area is 223 Å². The Morgan fingerprint density at radius 3 is 2.59 bits per heavy atom. The molecule has 5 aromatic rings. The number of benzene rings is 1. The van der Waals surface area contributed by atoms with E-state index in [2.05, 4.69) is 22.0 Å². The van der Waals surface area contributed by atoms with Crippen molar-refractivity contribution in [2.45, 2.75) is 51.5 Å². The van der Waals surface area contributed by atoms with Crippen LogP contribution in [-0.2, 0) is 18.9 Å². The zero-order valence-electron chi connectivity index (χ0n) is 22.4. The number of H-pyrrole nitrogens is 1. The van der Waals surface area contributed by atoms with E-state index in [-0.39, 0.29) is 24.1 Å². The largest absolute Gasteiger partial charge is 0.481 e. The maximum absolute atomic E-state index is 15.1. The highest BCUT2D eigenvalue weighted by molar-refractivity contribution is 6.14. The lowest BCUT2D eigenvalue weighted by Crippen LogP contribution is -2.25. The topological polar surface area (TPSA) is 111 Å². The third-order valence-corrected chi connectivity index (χ3v) is 8.21. The van der Waals surface area contributed by atoms with Crippen molar-refractivity contribution in [2.24, 2.45) is 20.0 Å². The zero-order valence-corrected chi connectivity index (χ0v) is 22.4. The number of rotatable bonds is 6. The summed E-state index contributed by atoms with van der Waals surface area (Å²) in [4.78, 5) is 32.8. The van der Waals surface area contributed by atoms with Crippen LogP contribution < -0.4 is 5.69 Å². The minimum atomic E-state index is -0.853. The number of aryl methyl sites for hydroxylation is 2. The molecule has 10 heteroatoms. The zero-order chi connectivity index (χ0) is 27.6. The second-order valence-electron chi connectivity index (χ2n) is 11.0. The first-order valence-electron chi connectivity index (χ1n) is 13.3. The molecule has 0 radical (unpaired) electrons. The predicted octanol–water partition coefficient (Wildman–Crippen LogP) is 5.36. The molecule has 6 rings (SSSR count). The number of pyridine rings is 1. The SMILES string of the molecule is CC1CCC(n2c(=O)n(C)c3cnc4[nH]c(-c5cn(C)nc5F)c(-c5ccc(C(C)CC(=O)O)cc5)c4c32)C1. The molecule has 3 atom stereocenters. The first-order valence-corrected chi connectivity index (χ1v) is 13.3. The van der Waals surface area contributed by atoms with Crippen LogP contribution in [0.25, 0.3) is 44.5 Å². The van der Waals surface area contributed by atoms with E-state index in [0.29, 0.717) is 22.8 Å². The molecule has 1 aromatic carbocycles. The van der Waals surface area contributed by atoms with Gasteiger partial charge in [0.05, 0.1) is 40.3 Å². The molecule has 0 amide bonds. The fraction of sp³-hybridized carbons (Fsp3) is 0.379.